The number of rotatable bonds is 4. The normalized spacial score (nSPS) is 27.3. The third-order valence-electron chi connectivity index (χ3n) is 6.79. The van der Waals surface area contributed by atoms with Gasteiger partial charge < -0.3 is 19.9 Å². The summed E-state index contributed by atoms with van der Waals surface area (Å²) in [6, 6.07) is 9.06. The molecule has 4 atom stereocenters. The van der Waals surface area contributed by atoms with Crippen LogP contribution in [-0.2, 0) is 10.2 Å². The van der Waals surface area contributed by atoms with Crippen molar-refractivity contribution in [1.82, 2.24) is 10.2 Å². The van der Waals surface area contributed by atoms with E-state index in [0.29, 0.717) is 12.5 Å². The fraction of sp³-hybridized carbons (Fsp3) is 0.536. The molecule has 0 aromatic heterocycles. The second kappa shape index (κ2) is 8.68. The molecule has 2 aliphatic heterocycles. The van der Waals surface area contributed by atoms with Gasteiger partial charge in [-0.3, -0.25) is 0 Å². The van der Waals surface area contributed by atoms with E-state index in [4.69, 9.17) is 9.73 Å². The molecule has 3 aliphatic rings. The average Bonchev–Trinajstić information content (AvgIpc) is 3.06. The summed E-state index contributed by atoms with van der Waals surface area (Å²) in [5, 5.41) is 3.53. The van der Waals surface area contributed by atoms with Gasteiger partial charge in [0.25, 0.3) is 0 Å². The first-order chi connectivity index (χ1) is 15.5. The Bertz CT molecular complexity index is 975. The predicted octanol–water partition coefficient (Wildman–Crippen LogP) is 5.77. The molecule has 0 amide bonds. The van der Waals surface area contributed by atoms with E-state index in [-0.39, 0.29) is 29.4 Å². The number of nitrogens with one attached hydrogen (secondary N) is 1. The van der Waals surface area contributed by atoms with Crippen molar-refractivity contribution >= 4 is 11.5 Å². The van der Waals surface area contributed by atoms with Crippen LogP contribution in [0.25, 0.3) is 0 Å². The Morgan fingerprint density at radius 1 is 1.00 bits per heavy atom. The first-order valence-corrected chi connectivity index (χ1v) is 12.2. The van der Waals surface area contributed by atoms with Gasteiger partial charge in [0.1, 0.15) is 0 Å². The van der Waals surface area contributed by atoms with E-state index in [0.717, 1.165) is 11.5 Å². The van der Waals surface area contributed by atoms with Crippen LogP contribution in [0.15, 0.2) is 65.5 Å². The fourth-order valence-corrected chi connectivity index (χ4v) is 4.86. The zero-order valence-electron chi connectivity index (χ0n) is 21.5. The minimum absolute atomic E-state index is 0.0689. The summed E-state index contributed by atoms with van der Waals surface area (Å²) in [4.78, 5) is 9.52. The summed E-state index contributed by atoms with van der Waals surface area (Å²) in [6.45, 7) is 18.5. The van der Waals surface area contributed by atoms with Crippen molar-refractivity contribution in [2.24, 2.45) is 16.3 Å². The number of anilines is 1. The maximum atomic E-state index is 6.42. The number of fused-ring (bicyclic) bond motifs is 1. The van der Waals surface area contributed by atoms with Crippen molar-refractivity contribution in [3.05, 3.63) is 66.0 Å². The van der Waals surface area contributed by atoms with Gasteiger partial charge in [0.15, 0.2) is 12.0 Å². The van der Waals surface area contributed by atoms with Crippen molar-refractivity contribution in [3.63, 3.8) is 0 Å². The SMILES string of the molecule is CCOC1N(C2C=CC(C(C)(C)C)=CC2C)C2=NC=CNC2N1c1ccc(C(C)(C)C)cc1. The van der Waals surface area contributed by atoms with Gasteiger partial charge in [-0.2, -0.15) is 0 Å². The van der Waals surface area contributed by atoms with Crippen LogP contribution in [0, 0.1) is 11.3 Å². The molecule has 5 heteroatoms. The summed E-state index contributed by atoms with van der Waals surface area (Å²) < 4.78 is 6.42. The molecule has 4 rings (SSSR count). The number of ether oxygens (including phenoxy) is 1. The molecule has 4 unspecified atom stereocenters. The topological polar surface area (TPSA) is 40.1 Å². The van der Waals surface area contributed by atoms with Crippen molar-refractivity contribution in [3.8, 4) is 0 Å². The van der Waals surface area contributed by atoms with Crippen LogP contribution in [0.5, 0.6) is 0 Å². The molecule has 1 aromatic carbocycles. The monoisotopic (exact) mass is 448 g/mol. The lowest BCUT2D eigenvalue weighted by molar-refractivity contribution is -0.0230. The van der Waals surface area contributed by atoms with Crippen LogP contribution in [-0.4, -0.2) is 35.9 Å². The van der Waals surface area contributed by atoms with Gasteiger partial charge in [0.2, 0.25) is 6.35 Å². The van der Waals surface area contributed by atoms with Crippen molar-refractivity contribution < 1.29 is 4.74 Å². The van der Waals surface area contributed by atoms with Gasteiger partial charge in [-0.15, -0.1) is 0 Å². The molecule has 2 heterocycles. The minimum Gasteiger partial charge on any atom is -0.364 e. The molecule has 0 radical (unpaired) electrons. The molecule has 1 saturated heterocycles. The maximum Gasteiger partial charge on any atom is 0.213 e. The van der Waals surface area contributed by atoms with Gasteiger partial charge in [0, 0.05) is 24.7 Å². The van der Waals surface area contributed by atoms with Crippen molar-refractivity contribution in [2.75, 3.05) is 11.5 Å². The van der Waals surface area contributed by atoms with Crippen molar-refractivity contribution in [1.29, 1.82) is 0 Å². The first kappa shape index (κ1) is 23.6. The lowest BCUT2D eigenvalue weighted by Gasteiger charge is -2.39. The van der Waals surface area contributed by atoms with E-state index in [2.05, 4.69) is 113 Å². The van der Waals surface area contributed by atoms with E-state index >= 15 is 0 Å². The molecule has 0 saturated carbocycles. The quantitative estimate of drug-likeness (QED) is 0.635. The molecule has 0 bridgehead atoms. The number of nitrogens with zero attached hydrogens (tertiary/aromatic N) is 3. The van der Waals surface area contributed by atoms with E-state index < -0.39 is 0 Å². The van der Waals surface area contributed by atoms with E-state index in [1.54, 1.807) is 0 Å². The van der Waals surface area contributed by atoms with Gasteiger partial charge in [-0.1, -0.05) is 78.8 Å². The highest BCUT2D eigenvalue weighted by Gasteiger charge is 2.49. The zero-order valence-corrected chi connectivity index (χ0v) is 21.5. The molecular weight excluding hydrogens is 408 g/mol. The first-order valence-electron chi connectivity index (χ1n) is 12.2. The highest BCUT2D eigenvalue weighted by Crippen LogP contribution is 2.38. The Kier molecular flexibility index (Phi) is 6.21. The number of amidine groups is 1. The highest BCUT2D eigenvalue weighted by molar-refractivity contribution is 5.95. The third kappa shape index (κ3) is 4.48. The number of benzene rings is 1. The Hall–Kier alpha value is -2.53. The summed E-state index contributed by atoms with van der Waals surface area (Å²) in [5.74, 6) is 1.34. The van der Waals surface area contributed by atoms with Crippen LogP contribution >= 0.6 is 0 Å². The maximum absolute atomic E-state index is 6.42. The Balaban J connectivity index is 1.72. The molecule has 1 N–H and O–H groups in total. The summed E-state index contributed by atoms with van der Waals surface area (Å²) in [5.41, 5.74) is 4.09. The van der Waals surface area contributed by atoms with Crippen LogP contribution < -0.4 is 10.2 Å². The number of hydrogen-bond acceptors (Lipinski definition) is 5. The molecule has 1 aromatic rings. The number of hydrogen-bond donors (Lipinski definition) is 1. The molecular formula is C28H40N4O. The third-order valence-corrected chi connectivity index (χ3v) is 6.79. The van der Waals surface area contributed by atoms with Gasteiger partial charge in [-0.25, -0.2) is 4.99 Å². The Labute approximate surface area is 199 Å². The molecule has 1 aliphatic carbocycles. The molecule has 1 fully saturated rings. The lowest BCUT2D eigenvalue weighted by Crippen LogP contribution is -2.49. The summed E-state index contributed by atoms with van der Waals surface area (Å²) >= 11 is 0. The number of aliphatic imine (C=N–C) groups is 1. The van der Waals surface area contributed by atoms with Crippen LogP contribution in [0.2, 0.25) is 0 Å². The Morgan fingerprint density at radius 2 is 1.70 bits per heavy atom. The second-order valence-electron chi connectivity index (χ2n) is 11.3. The van der Waals surface area contributed by atoms with Crippen LogP contribution in [0.4, 0.5) is 5.69 Å². The van der Waals surface area contributed by atoms with E-state index in [1.165, 1.54) is 11.1 Å². The largest absolute Gasteiger partial charge is 0.364 e. The van der Waals surface area contributed by atoms with Crippen molar-refractivity contribution in [2.45, 2.75) is 79.4 Å². The van der Waals surface area contributed by atoms with Gasteiger partial charge >= 0.3 is 0 Å². The smallest absolute Gasteiger partial charge is 0.213 e. The average molecular weight is 449 g/mol. The standard InChI is InChI=1S/C28H40N4O/c1-9-33-26-31(22-13-10-20(11-14-22)27(3,4)5)24-25(30-17-16-29-24)32(26)23-15-12-21(18-19(23)2)28(6,7)8/h10-19,23-24,26,29H,9H2,1-8H3. The zero-order chi connectivity index (χ0) is 24.0. The Morgan fingerprint density at radius 3 is 2.27 bits per heavy atom. The predicted molar refractivity (Wildman–Crippen MR) is 138 cm³/mol. The summed E-state index contributed by atoms with van der Waals surface area (Å²) in [6.07, 6.45) is 10.5. The number of allylic oxidation sites excluding steroid dienone is 2. The van der Waals surface area contributed by atoms with E-state index in [9.17, 15) is 0 Å². The van der Waals surface area contributed by atoms with E-state index in [1.807, 2.05) is 12.4 Å². The fourth-order valence-electron chi connectivity index (χ4n) is 4.86. The second-order valence-corrected chi connectivity index (χ2v) is 11.3. The van der Waals surface area contributed by atoms with Gasteiger partial charge in [0.05, 0.1) is 6.04 Å². The lowest BCUT2D eigenvalue weighted by atomic mass is 9.79. The summed E-state index contributed by atoms with van der Waals surface area (Å²) in [7, 11) is 0. The molecule has 33 heavy (non-hydrogen) atoms. The molecule has 0 spiro atoms. The molecule has 5 nitrogen and oxygen atoms in total. The minimum atomic E-state index is -0.242. The highest BCUT2D eigenvalue weighted by atomic mass is 16.5. The van der Waals surface area contributed by atoms with Crippen LogP contribution in [0.3, 0.4) is 0 Å². The molecule has 178 valence electrons. The van der Waals surface area contributed by atoms with Gasteiger partial charge in [-0.05, 0) is 46.9 Å². The van der Waals surface area contributed by atoms with Crippen LogP contribution in [0.1, 0.15) is 61.0 Å².